The van der Waals surface area contributed by atoms with Gasteiger partial charge < -0.3 is 10.1 Å². The highest BCUT2D eigenvalue weighted by Gasteiger charge is 2.15. The van der Waals surface area contributed by atoms with E-state index >= 15 is 0 Å². The highest BCUT2D eigenvalue weighted by Crippen LogP contribution is 2.25. The molecule has 3 rings (SSSR count). The molecule has 1 amide bonds. The third kappa shape index (κ3) is 3.33. The molecule has 1 fully saturated rings. The van der Waals surface area contributed by atoms with Gasteiger partial charge in [-0.2, -0.15) is 0 Å². The fourth-order valence-electron chi connectivity index (χ4n) is 2.24. The molecule has 0 atom stereocenters. The summed E-state index contributed by atoms with van der Waals surface area (Å²) in [5.74, 6) is -0.136. The number of benzene rings is 1. The number of para-hydroxylation sites is 1. The number of thiazole rings is 1. The van der Waals surface area contributed by atoms with Gasteiger partial charge in [0.15, 0.2) is 5.13 Å². The van der Waals surface area contributed by atoms with Crippen molar-refractivity contribution in [3.05, 3.63) is 24.3 Å². The van der Waals surface area contributed by atoms with Crippen LogP contribution in [-0.4, -0.2) is 36.7 Å². The smallest absolute Gasteiger partial charge is 0.252 e. The number of fused-ring (bicyclic) bond motifs is 1. The summed E-state index contributed by atoms with van der Waals surface area (Å²) in [5.41, 5.74) is 0.909. The average molecular weight is 291 g/mol. The fourth-order valence-corrected chi connectivity index (χ4v) is 3.12. The van der Waals surface area contributed by atoms with Crippen LogP contribution in [0.4, 0.5) is 5.13 Å². The normalized spacial score (nSPS) is 16.4. The van der Waals surface area contributed by atoms with Crippen LogP contribution in [0.1, 0.15) is 12.8 Å². The molecular weight excluding hydrogens is 274 g/mol. The van der Waals surface area contributed by atoms with Gasteiger partial charge in [0.05, 0.1) is 16.3 Å². The van der Waals surface area contributed by atoms with Crippen molar-refractivity contribution in [2.24, 2.45) is 0 Å². The number of hydrogen-bond donors (Lipinski definition) is 2. The molecule has 1 aliphatic heterocycles. The zero-order chi connectivity index (χ0) is 13.8. The molecule has 106 valence electrons. The molecule has 2 N–H and O–H groups in total. The van der Waals surface area contributed by atoms with E-state index in [9.17, 15) is 4.79 Å². The first-order valence-corrected chi connectivity index (χ1v) is 7.60. The number of aromatic nitrogens is 1. The Bertz CT molecular complexity index is 560. The molecule has 0 aliphatic carbocycles. The van der Waals surface area contributed by atoms with Gasteiger partial charge in [0.25, 0.3) is 5.91 Å². The third-order valence-electron chi connectivity index (χ3n) is 3.28. The zero-order valence-electron chi connectivity index (χ0n) is 11.1. The van der Waals surface area contributed by atoms with Crippen molar-refractivity contribution in [1.29, 1.82) is 0 Å². The SMILES string of the molecule is O=C(COC1CCNCC1)Nc1nc2ccccc2s1. The van der Waals surface area contributed by atoms with Gasteiger partial charge >= 0.3 is 0 Å². The number of nitrogens with zero attached hydrogens (tertiary/aromatic N) is 1. The minimum atomic E-state index is -0.136. The van der Waals surface area contributed by atoms with Crippen molar-refractivity contribution in [2.45, 2.75) is 18.9 Å². The lowest BCUT2D eigenvalue weighted by Gasteiger charge is -2.22. The molecule has 1 aromatic carbocycles. The topological polar surface area (TPSA) is 63.2 Å². The van der Waals surface area contributed by atoms with Crippen molar-refractivity contribution in [2.75, 3.05) is 25.0 Å². The molecule has 20 heavy (non-hydrogen) atoms. The molecule has 6 heteroatoms. The first-order valence-electron chi connectivity index (χ1n) is 6.79. The van der Waals surface area contributed by atoms with Crippen LogP contribution < -0.4 is 10.6 Å². The first kappa shape index (κ1) is 13.5. The molecule has 0 bridgehead atoms. The molecule has 0 spiro atoms. The standard InChI is InChI=1S/C14H17N3O2S/c18-13(9-19-10-5-7-15-8-6-10)17-14-16-11-3-1-2-4-12(11)20-14/h1-4,10,15H,5-9H2,(H,16,17,18). The van der Waals surface area contributed by atoms with Crippen molar-refractivity contribution in [3.8, 4) is 0 Å². The maximum atomic E-state index is 11.8. The van der Waals surface area contributed by atoms with Crippen molar-refractivity contribution in [1.82, 2.24) is 10.3 Å². The van der Waals surface area contributed by atoms with Crippen LogP contribution in [0.15, 0.2) is 24.3 Å². The zero-order valence-corrected chi connectivity index (χ0v) is 11.9. The Morgan fingerprint density at radius 3 is 3.00 bits per heavy atom. The molecule has 0 saturated carbocycles. The summed E-state index contributed by atoms with van der Waals surface area (Å²) >= 11 is 1.48. The molecule has 1 aromatic heterocycles. The molecule has 0 unspecified atom stereocenters. The maximum absolute atomic E-state index is 11.8. The summed E-state index contributed by atoms with van der Waals surface area (Å²) in [4.78, 5) is 16.2. The average Bonchev–Trinajstić information content (AvgIpc) is 2.88. The number of carbonyl (C=O) groups excluding carboxylic acids is 1. The van der Waals surface area contributed by atoms with Crippen LogP contribution in [0.2, 0.25) is 0 Å². The minimum absolute atomic E-state index is 0.0978. The Balaban J connectivity index is 1.52. The number of ether oxygens (including phenoxy) is 1. The number of piperidine rings is 1. The number of anilines is 1. The lowest BCUT2D eigenvalue weighted by atomic mass is 10.1. The van der Waals surface area contributed by atoms with Crippen LogP contribution in [0, 0.1) is 0 Å². The molecule has 2 heterocycles. The Morgan fingerprint density at radius 2 is 2.20 bits per heavy atom. The minimum Gasteiger partial charge on any atom is -0.368 e. The Morgan fingerprint density at radius 1 is 1.40 bits per heavy atom. The van der Waals surface area contributed by atoms with Gasteiger partial charge in [-0.05, 0) is 38.1 Å². The summed E-state index contributed by atoms with van der Waals surface area (Å²) < 4.78 is 6.69. The van der Waals surface area contributed by atoms with Gasteiger partial charge in [0.2, 0.25) is 0 Å². The van der Waals surface area contributed by atoms with Gasteiger partial charge in [-0.15, -0.1) is 0 Å². The van der Waals surface area contributed by atoms with Crippen LogP contribution in [-0.2, 0) is 9.53 Å². The van der Waals surface area contributed by atoms with Crippen molar-refractivity contribution in [3.63, 3.8) is 0 Å². The lowest BCUT2D eigenvalue weighted by molar-refractivity contribution is -0.123. The van der Waals surface area contributed by atoms with Crippen LogP contribution in [0.3, 0.4) is 0 Å². The van der Waals surface area contributed by atoms with Crippen molar-refractivity contribution >= 4 is 32.6 Å². The number of nitrogens with one attached hydrogen (secondary N) is 2. The quantitative estimate of drug-likeness (QED) is 0.904. The van der Waals surface area contributed by atoms with Crippen LogP contribution >= 0.6 is 11.3 Å². The molecular formula is C14H17N3O2S. The summed E-state index contributed by atoms with van der Waals surface area (Å²) in [6, 6.07) is 7.83. The van der Waals surface area contributed by atoms with E-state index < -0.39 is 0 Å². The summed E-state index contributed by atoms with van der Waals surface area (Å²) in [6.07, 6.45) is 2.13. The fraction of sp³-hybridized carbons (Fsp3) is 0.429. The number of hydrogen-bond acceptors (Lipinski definition) is 5. The van der Waals surface area contributed by atoms with Crippen molar-refractivity contribution < 1.29 is 9.53 Å². The van der Waals surface area contributed by atoms with E-state index in [1.165, 1.54) is 11.3 Å². The Hall–Kier alpha value is -1.50. The van der Waals surface area contributed by atoms with E-state index in [1.54, 1.807) is 0 Å². The summed E-state index contributed by atoms with van der Waals surface area (Å²) in [7, 11) is 0. The predicted molar refractivity (Wildman–Crippen MR) is 80.1 cm³/mol. The lowest BCUT2D eigenvalue weighted by Crippen LogP contribution is -2.34. The number of carbonyl (C=O) groups is 1. The molecule has 1 saturated heterocycles. The Kier molecular flexibility index (Phi) is 4.25. The van der Waals surface area contributed by atoms with Gasteiger partial charge in [-0.1, -0.05) is 23.5 Å². The molecule has 0 radical (unpaired) electrons. The highest BCUT2D eigenvalue weighted by atomic mass is 32.1. The largest absolute Gasteiger partial charge is 0.368 e. The van der Waals surface area contributed by atoms with E-state index in [0.29, 0.717) is 5.13 Å². The van der Waals surface area contributed by atoms with Gasteiger partial charge in [-0.3, -0.25) is 10.1 Å². The second-order valence-corrected chi connectivity index (χ2v) is 5.83. The van der Waals surface area contributed by atoms with E-state index in [1.807, 2.05) is 24.3 Å². The van der Waals surface area contributed by atoms with E-state index in [0.717, 1.165) is 36.1 Å². The molecule has 5 nitrogen and oxygen atoms in total. The number of amides is 1. The van der Waals surface area contributed by atoms with Crippen LogP contribution in [0.25, 0.3) is 10.2 Å². The molecule has 2 aromatic rings. The van der Waals surface area contributed by atoms with Gasteiger partial charge in [0.1, 0.15) is 6.61 Å². The Labute approximate surface area is 121 Å². The van der Waals surface area contributed by atoms with E-state index in [4.69, 9.17) is 4.74 Å². The second kappa shape index (κ2) is 6.30. The van der Waals surface area contributed by atoms with Crippen LogP contribution in [0.5, 0.6) is 0 Å². The molecule has 1 aliphatic rings. The maximum Gasteiger partial charge on any atom is 0.252 e. The van der Waals surface area contributed by atoms with E-state index in [-0.39, 0.29) is 18.6 Å². The summed E-state index contributed by atoms with van der Waals surface area (Å²) in [5, 5.41) is 6.70. The second-order valence-electron chi connectivity index (χ2n) is 4.80. The predicted octanol–water partition coefficient (Wildman–Crippen LogP) is 2.00. The van der Waals surface area contributed by atoms with Gasteiger partial charge in [0, 0.05) is 0 Å². The number of rotatable bonds is 4. The highest BCUT2D eigenvalue weighted by molar-refractivity contribution is 7.22. The first-order chi connectivity index (χ1) is 9.81. The van der Waals surface area contributed by atoms with E-state index in [2.05, 4.69) is 15.6 Å². The third-order valence-corrected chi connectivity index (χ3v) is 4.23. The monoisotopic (exact) mass is 291 g/mol. The van der Waals surface area contributed by atoms with Gasteiger partial charge in [-0.25, -0.2) is 4.98 Å². The summed E-state index contributed by atoms with van der Waals surface area (Å²) in [6.45, 7) is 2.02.